The highest BCUT2D eigenvalue weighted by Gasteiger charge is 2.09. The molecular weight excluding hydrogens is 377 g/mol. The molecule has 26 heavy (non-hydrogen) atoms. The molecule has 0 aliphatic heterocycles. The van der Waals surface area contributed by atoms with Crippen molar-refractivity contribution in [3.63, 3.8) is 0 Å². The van der Waals surface area contributed by atoms with E-state index < -0.39 is 11.9 Å². The third kappa shape index (κ3) is 6.58. The van der Waals surface area contributed by atoms with Gasteiger partial charge in [-0.25, -0.2) is 0 Å². The first-order valence-electron chi connectivity index (χ1n) is 8.00. The lowest BCUT2D eigenvalue weighted by molar-refractivity contribution is -0.149. The molecule has 0 radical (unpaired) electrons. The highest BCUT2D eigenvalue weighted by molar-refractivity contribution is 6.35. The standard InChI is InChI=1S/C19H19Cl2NO4/c1-13-4-2-3-5-17(13)25-9-8-19(24)26-12-18(23)22-11-14-6-7-15(20)10-16(14)21/h2-7,10H,8-9,11-12H2,1H3,(H,22,23). The van der Waals surface area contributed by atoms with Crippen LogP contribution in [0.4, 0.5) is 0 Å². The number of hydrogen-bond donors (Lipinski definition) is 1. The van der Waals surface area contributed by atoms with E-state index in [1.165, 1.54) is 0 Å². The van der Waals surface area contributed by atoms with Crippen molar-refractivity contribution in [3.05, 3.63) is 63.6 Å². The number of nitrogens with one attached hydrogen (secondary N) is 1. The summed E-state index contributed by atoms with van der Waals surface area (Å²) in [7, 11) is 0. The summed E-state index contributed by atoms with van der Waals surface area (Å²) in [5.41, 5.74) is 1.71. The lowest BCUT2D eigenvalue weighted by Gasteiger charge is -2.09. The van der Waals surface area contributed by atoms with Gasteiger partial charge in [-0.3, -0.25) is 9.59 Å². The summed E-state index contributed by atoms with van der Waals surface area (Å²) in [6, 6.07) is 12.5. The fraction of sp³-hybridized carbons (Fsp3) is 0.263. The zero-order valence-electron chi connectivity index (χ0n) is 14.3. The Morgan fingerprint density at radius 3 is 2.62 bits per heavy atom. The van der Waals surface area contributed by atoms with Crippen LogP contribution in [0.25, 0.3) is 0 Å². The van der Waals surface area contributed by atoms with Crippen LogP contribution in [0.15, 0.2) is 42.5 Å². The van der Waals surface area contributed by atoms with Gasteiger partial charge in [0.2, 0.25) is 0 Å². The summed E-state index contributed by atoms with van der Waals surface area (Å²) in [5.74, 6) is -0.194. The van der Waals surface area contributed by atoms with Crippen LogP contribution < -0.4 is 10.1 Å². The van der Waals surface area contributed by atoms with Crippen LogP contribution in [0, 0.1) is 6.92 Å². The summed E-state index contributed by atoms with van der Waals surface area (Å²) >= 11 is 11.8. The summed E-state index contributed by atoms with van der Waals surface area (Å²) in [5, 5.41) is 3.61. The van der Waals surface area contributed by atoms with Crippen LogP contribution in [-0.2, 0) is 20.9 Å². The number of carbonyl (C=O) groups excluding carboxylic acids is 2. The van der Waals surface area contributed by atoms with E-state index in [2.05, 4.69) is 5.32 Å². The Hall–Kier alpha value is -2.24. The van der Waals surface area contributed by atoms with Crippen LogP contribution in [0.5, 0.6) is 5.75 Å². The molecule has 0 spiro atoms. The lowest BCUT2D eigenvalue weighted by atomic mass is 10.2. The molecule has 0 bridgehead atoms. The summed E-state index contributed by atoms with van der Waals surface area (Å²) < 4.78 is 10.4. The highest BCUT2D eigenvalue weighted by atomic mass is 35.5. The van der Waals surface area contributed by atoms with E-state index in [1.54, 1.807) is 18.2 Å². The van der Waals surface area contributed by atoms with Gasteiger partial charge in [-0.1, -0.05) is 47.5 Å². The van der Waals surface area contributed by atoms with Gasteiger partial charge in [0.05, 0.1) is 13.0 Å². The quantitative estimate of drug-likeness (QED) is 0.687. The van der Waals surface area contributed by atoms with Crippen molar-refractivity contribution in [2.45, 2.75) is 19.9 Å². The molecule has 1 amide bonds. The van der Waals surface area contributed by atoms with Gasteiger partial charge in [-0.15, -0.1) is 0 Å². The zero-order valence-corrected chi connectivity index (χ0v) is 15.8. The predicted molar refractivity (Wildman–Crippen MR) is 101 cm³/mol. The molecule has 0 saturated heterocycles. The average Bonchev–Trinajstić information content (AvgIpc) is 2.61. The molecule has 2 aromatic rings. The summed E-state index contributed by atoms with van der Waals surface area (Å²) in [4.78, 5) is 23.4. The summed E-state index contributed by atoms with van der Waals surface area (Å²) in [6.45, 7) is 1.98. The van der Waals surface area contributed by atoms with Gasteiger partial charge in [0, 0.05) is 16.6 Å². The number of esters is 1. The second kappa shape index (κ2) is 10.0. The van der Waals surface area contributed by atoms with Crippen molar-refractivity contribution in [1.29, 1.82) is 0 Å². The Kier molecular flexibility index (Phi) is 7.75. The third-order valence-electron chi connectivity index (χ3n) is 3.51. The molecule has 1 N–H and O–H groups in total. The Balaban J connectivity index is 1.65. The molecule has 0 unspecified atom stereocenters. The molecule has 2 rings (SSSR count). The molecule has 0 aromatic heterocycles. The minimum absolute atomic E-state index is 0.0601. The lowest BCUT2D eigenvalue weighted by Crippen LogP contribution is -2.28. The smallest absolute Gasteiger partial charge is 0.309 e. The minimum atomic E-state index is -0.502. The SMILES string of the molecule is Cc1ccccc1OCCC(=O)OCC(=O)NCc1ccc(Cl)cc1Cl. The molecule has 0 atom stereocenters. The molecule has 5 nitrogen and oxygen atoms in total. The van der Waals surface area contributed by atoms with E-state index in [1.807, 2.05) is 31.2 Å². The maximum atomic E-state index is 11.8. The maximum Gasteiger partial charge on any atom is 0.309 e. The molecule has 0 saturated carbocycles. The highest BCUT2D eigenvalue weighted by Crippen LogP contribution is 2.20. The van der Waals surface area contributed by atoms with Crippen molar-refractivity contribution < 1.29 is 19.1 Å². The molecular formula is C19H19Cl2NO4. The van der Waals surface area contributed by atoms with Gasteiger partial charge in [-0.2, -0.15) is 0 Å². The Labute approximate surface area is 162 Å². The van der Waals surface area contributed by atoms with Gasteiger partial charge in [0.25, 0.3) is 5.91 Å². The van der Waals surface area contributed by atoms with E-state index in [0.29, 0.717) is 10.0 Å². The summed E-state index contributed by atoms with van der Waals surface area (Å²) in [6.07, 6.45) is 0.0601. The van der Waals surface area contributed by atoms with Crippen LogP contribution >= 0.6 is 23.2 Å². The van der Waals surface area contributed by atoms with Crippen LogP contribution in [-0.4, -0.2) is 25.1 Å². The molecule has 0 aliphatic rings. The average molecular weight is 396 g/mol. The number of benzene rings is 2. The van der Waals surface area contributed by atoms with Crippen molar-refractivity contribution in [2.24, 2.45) is 0 Å². The maximum absolute atomic E-state index is 11.8. The number of rotatable bonds is 8. The largest absolute Gasteiger partial charge is 0.493 e. The Morgan fingerprint density at radius 1 is 1.12 bits per heavy atom. The second-order valence-corrected chi connectivity index (χ2v) is 6.38. The number of carbonyl (C=O) groups is 2. The molecule has 138 valence electrons. The molecule has 2 aromatic carbocycles. The van der Waals surface area contributed by atoms with Gasteiger partial charge in [0.15, 0.2) is 6.61 Å². The molecule has 7 heteroatoms. The van der Waals surface area contributed by atoms with E-state index in [0.717, 1.165) is 16.9 Å². The van der Waals surface area contributed by atoms with Crippen molar-refractivity contribution in [1.82, 2.24) is 5.32 Å². The van der Waals surface area contributed by atoms with Gasteiger partial charge < -0.3 is 14.8 Å². The predicted octanol–water partition coefficient (Wildman–Crippen LogP) is 3.93. The number of halogens is 2. The second-order valence-electron chi connectivity index (χ2n) is 5.54. The van der Waals surface area contributed by atoms with Crippen molar-refractivity contribution >= 4 is 35.1 Å². The minimum Gasteiger partial charge on any atom is -0.493 e. The monoisotopic (exact) mass is 395 g/mol. The topological polar surface area (TPSA) is 64.6 Å². The van der Waals surface area contributed by atoms with Crippen LogP contribution in [0.3, 0.4) is 0 Å². The molecule has 0 heterocycles. The zero-order chi connectivity index (χ0) is 18.9. The van der Waals surface area contributed by atoms with E-state index in [-0.39, 0.29) is 26.2 Å². The van der Waals surface area contributed by atoms with Crippen molar-refractivity contribution in [3.8, 4) is 5.75 Å². The first-order valence-corrected chi connectivity index (χ1v) is 8.76. The number of para-hydroxylation sites is 1. The van der Waals surface area contributed by atoms with E-state index in [4.69, 9.17) is 32.7 Å². The molecule has 0 fully saturated rings. The van der Waals surface area contributed by atoms with Crippen molar-refractivity contribution in [2.75, 3.05) is 13.2 Å². The number of ether oxygens (including phenoxy) is 2. The Bertz CT molecular complexity index is 780. The first kappa shape index (κ1) is 20.1. The number of hydrogen-bond acceptors (Lipinski definition) is 4. The van der Waals surface area contributed by atoms with Gasteiger partial charge in [-0.05, 0) is 36.2 Å². The Morgan fingerprint density at radius 2 is 1.88 bits per heavy atom. The van der Waals surface area contributed by atoms with Gasteiger partial charge in [0.1, 0.15) is 5.75 Å². The van der Waals surface area contributed by atoms with Crippen LogP contribution in [0.2, 0.25) is 10.0 Å². The number of amides is 1. The van der Waals surface area contributed by atoms with E-state index in [9.17, 15) is 9.59 Å². The van der Waals surface area contributed by atoms with E-state index >= 15 is 0 Å². The molecule has 0 aliphatic carbocycles. The van der Waals surface area contributed by atoms with Gasteiger partial charge >= 0.3 is 5.97 Å². The number of aryl methyl sites for hydroxylation is 1. The fourth-order valence-electron chi connectivity index (χ4n) is 2.09. The van der Waals surface area contributed by atoms with Crippen LogP contribution in [0.1, 0.15) is 17.5 Å². The first-order chi connectivity index (χ1) is 12.5. The normalized spacial score (nSPS) is 10.3. The third-order valence-corrected chi connectivity index (χ3v) is 4.10. The fourth-order valence-corrected chi connectivity index (χ4v) is 2.57.